The molecular weight excluding hydrogens is 280 g/mol. The maximum atomic E-state index is 5.30. The minimum Gasteiger partial charge on any atom is -0.495 e. The van der Waals surface area contributed by atoms with E-state index in [-0.39, 0.29) is 0 Å². The van der Waals surface area contributed by atoms with Gasteiger partial charge in [-0.25, -0.2) is 0 Å². The van der Waals surface area contributed by atoms with Crippen molar-refractivity contribution in [3.05, 3.63) is 60.2 Å². The first-order valence-electron chi connectivity index (χ1n) is 7.01. The molecule has 2 aromatic carbocycles. The van der Waals surface area contributed by atoms with Crippen LogP contribution in [0.25, 0.3) is 0 Å². The number of hydrogen-bond acceptors (Lipinski definition) is 2. The van der Waals surface area contributed by atoms with Crippen molar-refractivity contribution in [2.75, 3.05) is 19.0 Å². The number of benzene rings is 2. The Labute approximate surface area is 131 Å². The predicted octanol–water partition coefficient (Wildman–Crippen LogP) is 3.61. The van der Waals surface area contributed by atoms with Gasteiger partial charge in [0, 0.05) is 6.54 Å². The van der Waals surface area contributed by atoms with Gasteiger partial charge < -0.3 is 15.4 Å². The lowest BCUT2D eigenvalue weighted by Crippen LogP contribution is -2.29. The molecule has 0 aliphatic carbocycles. The van der Waals surface area contributed by atoms with E-state index in [1.165, 1.54) is 5.56 Å². The van der Waals surface area contributed by atoms with E-state index in [0.29, 0.717) is 5.11 Å². The van der Waals surface area contributed by atoms with E-state index in [4.69, 9.17) is 17.0 Å². The number of aryl methyl sites for hydroxylation is 1. The van der Waals surface area contributed by atoms with E-state index in [9.17, 15) is 0 Å². The van der Waals surface area contributed by atoms with Crippen LogP contribution in [0.5, 0.6) is 5.75 Å². The third-order valence-electron chi connectivity index (χ3n) is 3.13. The molecular formula is C17H20N2OS. The maximum Gasteiger partial charge on any atom is 0.170 e. The average molecular weight is 300 g/mol. The van der Waals surface area contributed by atoms with Crippen molar-refractivity contribution >= 4 is 23.0 Å². The highest BCUT2D eigenvalue weighted by Gasteiger charge is 2.03. The van der Waals surface area contributed by atoms with Crippen LogP contribution in [0.3, 0.4) is 0 Å². The number of methoxy groups -OCH3 is 1. The summed E-state index contributed by atoms with van der Waals surface area (Å²) in [6.07, 6.45) is 2.09. The Kier molecular flexibility index (Phi) is 6.03. The molecule has 0 heterocycles. The van der Waals surface area contributed by atoms with Crippen LogP contribution < -0.4 is 15.4 Å². The molecule has 0 saturated carbocycles. The van der Waals surface area contributed by atoms with Gasteiger partial charge in [0.15, 0.2) is 5.11 Å². The smallest absolute Gasteiger partial charge is 0.170 e. The Bertz CT molecular complexity index is 572. The summed E-state index contributed by atoms with van der Waals surface area (Å²) < 4.78 is 5.28. The molecule has 21 heavy (non-hydrogen) atoms. The van der Waals surface area contributed by atoms with Gasteiger partial charge in [-0.05, 0) is 42.8 Å². The van der Waals surface area contributed by atoms with Crippen molar-refractivity contribution in [2.45, 2.75) is 12.8 Å². The molecule has 0 aromatic heterocycles. The van der Waals surface area contributed by atoms with Crippen LogP contribution in [0.2, 0.25) is 0 Å². The summed E-state index contributed by atoms with van der Waals surface area (Å²) in [5, 5.41) is 6.99. The zero-order chi connectivity index (χ0) is 14.9. The van der Waals surface area contributed by atoms with E-state index in [1.54, 1.807) is 7.11 Å². The Morgan fingerprint density at radius 2 is 1.76 bits per heavy atom. The Balaban J connectivity index is 1.72. The highest BCUT2D eigenvalue weighted by Crippen LogP contribution is 2.22. The largest absolute Gasteiger partial charge is 0.495 e. The molecule has 0 spiro atoms. The molecule has 0 bridgehead atoms. The summed E-state index contributed by atoms with van der Waals surface area (Å²) >= 11 is 5.30. The number of hydrogen-bond donors (Lipinski definition) is 2. The number of ether oxygens (including phenoxy) is 1. The van der Waals surface area contributed by atoms with E-state index in [2.05, 4.69) is 34.9 Å². The Hall–Kier alpha value is -2.07. The zero-order valence-electron chi connectivity index (χ0n) is 12.1. The second-order valence-electron chi connectivity index (χ2n) is 4.67. The van der Waals surface area contributed by atoms with E-state index < -0.39 is 0 Å². The molecule has 0 atom stereocenters. The molecule has 3 nitrogen and oxygen atoms in total. The highest BCUT2D eigenvalue weighted by molar-refractivity contribution is 7.80. The van der Waals surface area contributed by atoms with E-state index >= 15 is 0 Å². The van der Waals surface area contributed by atoms with Gasteiger partial charge in [-0.1, -0.05) is 42.5 Å². The molecule has 2 aromatic rings. The summed E-state index contributed by atoms with van der Waals surface area (Å²) in [6.45, 7) is 0.843. The fraction of sp³-hybridized carbons (Fsp3) is 0.235. The second kappa shape index (κ2) is 8.27. The second-order valence-corrected chi connectivity index (χ2v) is 5.08. The fourth-order valence-corrected chi connectivity index (χ4v) is 2.27. The van der Waals surface area contributed by atoms with Gasteiger partial charge in [0.2, 0.25) is 0 Å². The van der Waals surface area contributed by atoms with Crippen molar-refractivity contribution in [1.82, 2.24) is 5.32 Å². The summed E-state index contributed by atoms with van der Waals surface area (Å²) in [4.78, 5) is 0. The summed E-state index contributed by atoms with van der Waals surface area (Å²) in [5.41, 5.74) is 2.23. The van der Waals surface area contributed by atoms with Crippen LogP contribution in [0, 0.1) is 0 Å². The number of nitrogens with one attached hydrogen (secondary N) is 2. The molecule has 4 heteroatoms. The summed E-state index contributed by atoms with van der Waals surface area (Å²) in [5.74, 6) is 0.783. The van der Waals surface area contributed by atoms with Crippen molar-refractivity contribution in [3.8, 4) is 5.75 Å². The van der Waals surface area contributed by atoms with E-state index in [1.807, 2.05) is 30.3 Å². The molecule has 0 unspecified atom stereocenters. The van der Waals surface area contributed by atoms with Crippen LogP contribution in [0.1, 0.15) is 12.0 Å². The highest BCUT2D eigenvalue weighted by atomic mass is 32.1. The Morgan fingerprint density at radius 1 is 1.05 bits per heavy atom. The van der Waals surface area contributed by atoms with Crippen molar-refractivity contribution in [1.29, 1.82) is 0 Å². The van der Waals surface area contributed by atoms with Gasteiger partial charge >= 0.3 is 0 Å². The SMILES string of the molecule is COc1ccccc1NC(=S)NCCCc1ccccc1. The molecule has 0 radical (unpaired) electrons. The van der Waals surface area contributed by atoms with Gasteiger partial charge in [0.25, 0.3) is 0 Å². The van der Waals surface area contributed by atoms with Crippen molar-refractivity contribution in [2.24, 2.45) is 0 Å². The topological polar surface area (TPSA) is 33.3 Å². The van der Waals surface area contributed by atoms with Gasteiger partial charge in [-0.2, -0.15) is 0 Å². The first-order chi connectivity index (χ1) is 10.3. The minimum absolute atomic E-state index is 0.618. The first-order valence-corrected chi connectivity index (χ1v) is 7.42. The molecule has 2 rings (SSSR count). The average Bonchev–Trinajstić information content (AvgIpc) is 2.53. The summed E-state index contributed by atoms with van der Waals surface area (Å²) in [6, 6.07) is 18.2. The van der Waals surface area contributed by atoms with Gasteiger partial charge in [0.05, 0.1) is 12.8 Å². The van der Waals surface area contributed by atoms with Crippen LogP contribution >= 0.6 is 12.2 Å². The lowest BCUT2D eigenvalue weighted by molar-refractivity contribution is 0.417. The molecule has 110 valence electrons. The maximum absolute atomic E-state index is 5.30. The van der Waals surface area contributed by atoms with Crippen LogP contribution in [0.15, 0.2) is 54.6 Å². The van der Waals surface area contributed by atoms with E-state index in [0.717, 1.165) is 30.8 Å². The number of anilines is 1. The van der Waals surface area contributed by atoms with Gasteiger partial charge in [-0.15, -0.1) is 0 Å². The van der Waals surface area contributed by atoms with Crippen molar-refractivity contribution in [3.63, 3.8) is 0 Å². The van der Waals surface area contributed by atoms with Crippen LogP contribution in [0.4, 0.5) is 5.69 Å². The molecule has 0 aliphatic heterocycles. The zero-order valence-corrected chi connectivity index (χ0v) is 13.0. The first kappa shape index (κ1) is 15.3. The fourth-order valence-electron chi connectivity index (χ4n) is 2.05. The molecule has 0 saturated heterocycles. The number of rotatable bonds is 6. The standard InChI is InChI=1S/C17H20N2OS/c1-20-16-12-6-5-11-15(16)19-17(21)18-13-7-10-14-8-3-2-4-9-14/h2-6,8-9,11-12H,7,10,13H2,1H3,(H2,18,19,21). The number of thiocarbonyl (C=S) groups is 1. The number of para-hydroxylation sites is 2. The third-order valence-corrected chi connectivity index (χ3v) is 3.37. The lowest BCUT2D eigenvalue weighted by atomic mass is 10.1. The molecule has 2 N–H and O–H groups in total. The van der Waals surface area contributed by atoms with Gasteiger partial charge in [-0.3, -0.25) is 0 Å². The third kappa shape index (κ3) is 5.08. The predicted molar refractivity (Wildman–Crippen MR) is 92.0 cm³/mol. The van der Waals surface area contributed by atoms with Crippen molar-refractivity contribution < 1.29 is 4.74 Å². The lowest BCUT2D eigenvalue weighted by Gasteiger charge is -2.13. The molecule has 0 fully saturated rings. The quantitative estimate of drug-likeness (QED) is 0.631. The normalized spacial score (nSPS) is 9.95. The monoisotopic (exact) mass is 300 g/mol. The minimum atomic E-state index is 0.618. The Morgan fingerprint density at radius 3 is 2.52 bits per heavy atom. The molecule has 0 aliphatic rings. The van der Waals surface area contributed by atoms with Crippen LogP contribution in [-0.2, 0) is 6.42 Å². The molecule has 0 amide bonds. The van der Waals surface area contributed by atoms with Gasteiger partial charge in [0.1, 0.15) is 5.75 Å². The summed E-state index contributed by atoms with van der Waals surface area (Å²) in [7, 11) is 1.65. The van der Waals surface area contributed by atoms with Crippen LogP contribution in [-0.4, -0.2) is 18.8 Å².